The maximum atomic E-state index is 12.1. The first-order valence-corrected chi connectivity index (χ1v) is 10.3. The molecule has 0 aromatic carbocycles. The molecule has 0 aliphatic carbocycles. The van der Waals surface area contributed by atoms with E-state index >= 15 is 0 Å². The smallest absolute Gasteiger partial charge is 0.358 e. The Morgan fingerprint density at radius 1 is 1.27 bits per heavy atom. The number of esters is 2. The largest absolute Gasteiger partial charge is 0.469 e. The zero-order chi connectivity index (χ0) is 21.9. The Hall–Kier alpha value is -2.83. The topological polar surface area (TPSA) is 73.1 Å². The second kappa shape index (κ2) is 8.90. The van der Waals surface area contributed by atoms with Gasteiger partial charge < -0.3 is 14.4 Å². The molecule has 0 saturated carbocycles. The van der Waals surface area contributed by atoms with Crippen LogP contribution in [0, 0.1) is 12.3 Å². The van der Waals surface area contributed by atoms with E-state index in [1.54, 1.807) is 10.6 Å². The predicted molar refractivity (Wildman–Crippen MR) is 116 cm³/mol. The van der Waals surface area contributed by atoms with Gasteiger partial charge in [0.2, 0.25) is 0 Å². The lowest BCUT2D eigenvalue weighted by Gasteiger charge is -2.41. The number of rotatable bonds is 7. The number of hydrogen-bond acceptors (Lipinski definition) is 6. The van der Waals surface area contributed by atoms with Gasteiger partial charge in [0, 0.05) is 25.4 Å². The Bertz CT molecular complexity index is 955. The minimum Gasteiger partial charge on any atom is -0.469 e. The van der Waals surface area contributed by atoms with Crippen molar-refractivity contribution in [1.82, 2.24) is 9.61 Å². The van der Waals surface area contributed by atoms with Gasteiger partial charge >= 0.3 is 11.9 Å². The first-order valence-electron chi connectivity index (χ1n) is 10.3. The van der Waals surface area contributed by atoms with Gasteiger partial charge in [-0.3, -0.25) is 4.79 Å². The van der Waals surface area contributed by atoms with Crippen LogP contribution in [0.15, 0.2) is 24.9 Å². The second-order valence-corrected chi connectivity index (χ2v) is 8.37. The van der Waals surface area contributed by atoms with E-state index < -0.39 is 5.97 Å². The molecule has 0 N–H and O–H groups in total. The van der Waals surface area contributed by atoms with E-state index in [1.165, 1.54) is 14.2 Å². The molecular formula is C23H31N3O4. The van der Waals surface area contributed by atoms with Gasteiger partial charge in [0.15, 0.2) is 5.69 Å². The summed E-state index contributed by atoms with van der Waals surface area (Å²) in [6, 6.07) is 1.74. The lowest BCUT2D eigenvalue weighted by Crippen LogP contribution is -2.39. The van der Waals surface area contributed by atoms with Crippen molar-refractivity contribution >= 4 is 23.1 Å². The minimum absolute atomic E-state index is 0.178. The van der Waals surface area contributed by atoms with Gasteiger partial charge in [-0.05, 0) is 49.1 Å². The number of nitrogens with zero attached hydrogens (tertiary/aromatic N) is 3. The van der Waals surface area contributed by atoms with Crippen molar-refractivity contribution in [3.05, 3.63) is 41.7 Å². The van der Waals surface area contributed by atoms with Crippen LogP contribution in [-0.2, 0) is 20.7 Å². The Morgan fingerprint density at radius 3 is 2.57 bits per heavy atom. The summed E-state index contributed by atoms with van der Waals surface area (Å²) in [4.78, 5) is 26.5. The summed E-state index contributed by atoms with van der Waals surface area (Å²) in [5, 5.41) is 4.40. The lowest BCUT2D eigenvalue weighted by atomic mass is 9.76. The van der Waals surface area contributed by atoms with E-state index in [9.17, 15) is 9.59 Å². The number of ether oxygens (including phenoxy) is 2. The number of anilines is 1. The van der Waals surface area contributed by atoms with Crippen LogP contribution in [0.1, 0.15) is 54.2 Å². The Labute approximate surface area is 177 Å². The van der Waals surface area contributed by atoms with Gasteiger partial charge in [0.05, 0.1) is 31.8 Å². The van der Waals surface area contributed by atoms with Crippen LogP contribution >= 0.6 is 0 Å². The molecule has 1 aliphatic rings. The maximum Gasteiger partial charge on any atom is 0.358 e. The summed E-state index contributed by atoms with van der Waals surface area (Å²) in [6.07, 6.45) is 8.26. The van der Waals surface area contributed by atoms with E-state index in [2.05, 4.69) is 23.5 Å². The molecule has 30 heavy (non-hydrogen) atoms. The van der Waals surface area contributed by atoms with Gasteiger partial charge in [-0.1, -0.05) is 13.0 Å². The average Bonchev–Trinajstić information content (AvgIpc) is 3.16. The average molecular weight is 414 g/mol. The Morgan fingerprint density at radius 2 is 1.97 bits per heavy atom. The van der Waals surface area contributed by atoms with Crippen LogP contribution in [-0.4, -0.2) is 48.9 Å². The van der Waals surface area contributed by atoms with E-state index in [4.69, 9.17) is 9.47 Å². The van der Waals surface area contributed by atoms with Gasteiger partial charge in [-0.15, -0.1) is 6.58 Å². The molecule has 3 heterocycles. The summed E-state index contributed by atoms with van der Waals surface area (Å²) < 4.78 is 11.5. The van der Waals surface area contributed by atoms with Crippen LogP contribution in [0.5, 0.6) is 0 Å². The molecule has 1 aliphatic heterocycles. The lowest BCUT2D eigenvalue weighted by molar-refractivity contribution is -0.139. The summed E-state index contributed by atoms with van der Waals surface area (Å²) >= 11 is 0. The fourth-order valence-electron chi connectivity index (χ4n) is 4.24. The normalized spacial score (nSPS) is 15.8. The van der Waals surface area contributed by atoms with Crippen LogP contribution in [0.25, 0.3) is 5.52 Å². The van der Waals surface area contributed by atoms with Gasteiger partial charge in [-0.25, -0.2) is 9.31 Å². The van der Waals surface area contributed by atoms with Crippen molar-refractivity contribution < 1.29 is 19.1 Å². The SMILES string of the molecule is C=CCCC1(C)CCN(c2c(CC(=O)OC)c(C)cn3nc(C(=O)OC)cc23)CC1. The van der Waals surface area contributed by atoms with Crippen molar-refractivity contribution in [3.63, 3.8) is 0 Å². The third-order valence-corrected chi connectivity index (χ3v) is 6.24. The second-order valence-electron chi connectivity index (χ2n) is 8.37. The number of carbonyl (C=O) groups is 2. The number of allylic oxidation sites excluding steroid dienone is 1. The number of piperidine rings is 1. The number of carbonyl (C=O) groups excluding carboxylic acids is 2. The molecule has 7 nitrogen and oxygen atoms in total. The van der Waals surface area contributed by atoms with Crippen molar-refractivity contribution in [1.29, 1.82) is 0 Å². The molecular weight excluding hydrogens is 382 g/mol. The maximum absolute atomic E-state index is 12.1. The highest BCUT2D eigenvalue weighted by Crippen LogP contribution is 2.40. The minimum atomic E-state index is -0.479. The molecule has 162 valence electrons. The summed E-state index contributed by atoms with van der Waals surface area (Å²) in [6.45, 7) is 9.89. The zero-order valence-corrected chi connectivity index (χ0v) is 18.4. The van der Waals surface area contributed by atoms with E-state index in [0.717, 1.165) is 61.1 Å². The Kier molecular flexibility index (Phi) is 6.48. The van der Waals surface area contributed by atoms with E-state index in [0.29, 0.717) is 0 Å². The van der Waals surface area contributed by atoms with Gasteiger partial charge in [0.25, 0.3) is 0 Å². The quantitative estimate of drug-likeness (QED) is 0.509. The molecule has 0 radical (unpaired) electrons. The third kappa shape index (κ3) is 4.35. The summed E-state index contributed by atoms with van der Waals surface area (Å²) in [5.74, 6) is -0.767. The number of pyridine rings is 1. The van der Waals surface area contributed by atoms with Crippen molar-refractivity contribution in [2.45, 2.75) is 46.0 Å². The standard InChI is InChI=1S/C23H31N3O4/c1-6-7-8-23(3)9-11-25(12-10-23)21-17(13-20(27)29-4)16(2)15-26-19(21)14-18(24-26)22(28)30-5/h6,14-15H,1,7-13H2,2-5H3. The van der Waals surface area contributed by atoms with Crippen molar-refractivity contribution in [2.24, 2.45) is 5.41 Å². The first kappa shape index (κ1) is 21.9. The number of methoxy groups -OCH3 is 2. The van der Waals surface area contributed by atoms with Crippen LogP contribution in [0.3, 0.4) is 0 Å². The van der Waals surface area contributed by atoms with Crippen LogP contribution < -0.4 is 4.90 Å². The van der Waals surface area contributed by atoms with Crippen molar-refractivity contribution in [3.8, 4) is 0 Å². The fourth-order valence-corrected chi connectivity index (χ4v) is 4.24. The molecule has 0 atom stereocenters. The monoisotopic (exact) mass is 413 g/mol. The van der Waals surface area contributed by atoms with E-state index in [-0.39, 0.29) is 23.5 Å². The first-order chi connectivity index (χ1) is 14.3. The van der Waals surface area contributed by atoms with E-state index in [1.807, 2.05) is 19.2 Å². The highest BCUT2D eigenvalue weighted by Gasteiger charge is 2.32. The van der Waals surface area contributed by atoms with Gasteiger partial charge in [-0.2, -0.15) is 5.10 Å². The summed E-state index contributed by atoms with van der Waals surface area (Å²) in [5.41, 5.74) is 4.14. The zero-order valence-electron chi connectivity index (χ0n) is 18.4. The molecule has 0 spiro atoms. The molecule has 0 bridgehead atoms. The Balaban J connectivity index is 2.04. The summed E-state index contributed by atoms with van der Waals surface area (Å²) in [7, 11) is 2.74. The third-order valence-electron chi connectivity index (χ3n) is 6.24. The highest BCUT2D eigenvalue weighted by atomic mass is 16.5. The number of aromatic nitrogens is 2. The number of hydrogen-bond donors (Lipinski definition) is 0. The molecule has 0 unspecified atom stereocenters. The molecule has 3 rings (SSSR count). The molecule has 1 saturated heterocycles. The number of aryl methyl sites for hydroxylation is 1. The predicted octanol–water partition coefficient (Wildman–Crippen LogP) is 3.72. The molecule has 0 amide bonds. The number of fused-ring (bicyclic) bond motifs is 1. The van der Waals surface area contributed by atoms with Gasteiger partial charge in [0.1, 0.15) is 0 Å². The fraction of sp³-hybridized carbons (Fsp3) is 0.522. The van der Waals surface area contributed by atoms with Crippen LogP contribution in [0.4, 0.5) is 5.69 Å². The van der Waals surface area contributed by atoms with Crippen LogP contribution in [0.2, 0.25) is 0 Å². The molecule has 2 aromatic rings. The highest BCUT2D eigenvalue weighted by molar-refractivity contribution is 5.92. The van der Waals surface area contributed by atoms with Crippen molar-refractivity contribution in [2.75, 3.05) is 32.2 Å². The molecule has 1 fully saturated rings. The molecule has 7 heteroatoms. The molecule has 2 aromatic heterocycles.